The molecule has 0 atom stereocenters. The third-order valence-electron chi connectivity index (χ3n) is 5.19. The van der Waals surface area contributed by atoms with Crippen molar-refractivity contribution in [2.45, 2.75) is 52.0 Å². The van der Waals surface area contributed by atoms with Gasteiger partial charge in [0.15, 0.2) is 0 Å². The van der Waals surface area contributed by atoms with Crippen LogP contribution in [0.25, 0.3) is 0 Å². The van der Waals surface area contributed by atoms with E-state index in [-0.39, 0.29) is 0 Å². The number of hydrogen-bond acceptors (Lipinski definition) is 3. The second-order valence-corrected chi connectivity index (χ2v) is 7.06. The molecule has 23 heavy (non-hydrogen) atoms. The Balaban J connectivity index is 1.51. The fourth-order valence-corrected chi connectivity index (χ4v) is 3.55. The van der Waals surface area contributed by atoms with Crippen LogP contribution < -0.4 is 0 Å². The molecular formula is C18H29N3O2. The molecule has 2 heterocycles. The molecule has 1 aliphatic heterocycles. The van der Waals surface area contributed by atoms with Crippen molar-refractivity contribution < 1.29 is 9.53 Å². The Kier molecular flexibility index (Phi) is 5.36. The average molecular weight is 319 g/mol. The van der Waals surface area contributed by atoms with Gasteiger partial charge in [-0.25, -0.2) is 4.98 Å². The van der Waals surface area contributed by atoms with E-state index >= 15 is 0 Å². The summed E-state index contributed by atoms with van der Waals surface area (Å²) in [6.07, 6.45) is 8.48. The van der Waals surface area contributed by atoms with Crippen molar-refractivity contribution in [1.29, 1.82) is 0 Å². The van der Waals surface area contributed by atoms with Gasteiger partial charge < -0.3 is 14.2 Å². The van der Waals surface area contributed by atoms with E-state index in [1.807, 2.05) is 6.20 Å². The molecule has 5 heteroatoms. The van der Waals surface area contributed by atoms with Crippen molar-refractivity contribution in [3.05, 3.63) is 17.7 Å². The minimum atomic E-state index is 0.355. The largest absolute Gasteiger partial charge is 0.385 e. The number of aryl methyl sites for hydroxylation is 1. The summed E-state index contributed by atoms with van der Waals surface area (Å²) in [6.45, 7) is 5.76. The molecule has 1 aliphatic carbocycles. The maximum absolute atomic E-state index is 12.1. The van der Waals surface area contributed by atoms with Crippen LogP contribution in [0.15, 0.2) is 6.20 Å². The second kappa shape index (κ2) is 7.47. The van der Waals surface area contributed by atoms with Gasteiger partial charge in [-0.3, -0.25) is 4.79 Å². The standard InChI is InChI=1S/C18H29N3O2/c1-14-13-19-17(21(14)8-3-11-23-2)12-15-6-9-20(10-7-15)18(22)16-4-5-16/h13,15-16H,3-12H2,1-2H3. The molecule has 0 aromatic carbocycles. The fraction of sp³-hybridized carbons (Fsp3) is 0.778. The lowest BCUT2D eigenvalue weighted by Gasteiger charge is -2.32. The molecule has 5 nitrogen and oxygen atoms in total. The number of carbonyl (C=O) groups is 1. The van der Waals surface area contributed by atoms with E-state index in [0.717, 1.165) is 64.8 Å². The molecule has 0 bridgehead atoms. The molecular weight excluding hydrogens is 290 g/mol. The van der Waals surface area contributed by atoms with Crippen LogP contribution in [0.5, 0.6) is 0 Å². The number of ether oxygens (including phenoxy) is 1. The van der Waals surface area contributed by atoms with Crippen LogP contribution in [-0.2, 0) is 22.5 Å². The molecule has 1 amide bonds. The van der Waals surface area contributed by atoms with Crippen LogP contribution >= 0.6 is 0 Å². The summed E-state index contributed by atoms with van der Waals surface area (Å²) in [4.78, 5) is 18.8. The smallest absolute Gasteiger partial charge is 0.225 e. The SMILES string of the molecule is COCCCn1c(C)cnc1CC1CCN(C(=O)C2CC2)CC1. The van der Waals surface area contributed by atoms with Crippen molar-refractivity contribution in [2.75, 3.05) is 26.8 Å². The Morgan fingerprint density at radius 3 is 2.70 bits per heavy atom. The molecule has 128 valence electrons. The Morgan fingerprint density at radius 2 is 2.04 bits per heavy atom. The second-order valence-electron chi connectivity index (χ2n) is 7.06. The number of aromatic nitrogens is 2. The molecule has 1 saturated carbocycles. The summed E-state index contributed by atoms with van der Waals surface area (Å²) in [5, 5.41) is 0. The molecule has 0 radical (unpaired) electrons. The van der Waals surface area contributed by atoms with Gasteiger partial charge in [0.25, 0.3) is 0 Å². The van der Waals surface area contributed by atoms with E-state index in [9.17, 15) is 4.79 Å². The lowest BCUT2D eigenvalue weighted by atomic mass is 9.93. The minimum Gasteiger partial charge on any atom is -0.385 e. The van der Waals surface area contributed by atoms with Gasteiger partial charge in [0.1, 0.15) is 5.82 Å². The van der Waals surface area contributed by atoms with E-state index in [0.29, 0.717) is 17.7 Å². The average Bonchev–Trinajstić information content (AvgIpc) is 3.35. The first-order valence-corrected chi connectivity index (χ1v) is 8.97. The monoisotopic (exact) mass is 319 g/mol. The quantitative estimate of drug-likeness (QED) is 0.725. The van der Waals surface area contributed by atoms with Crippen LogP contribution in [0.3, 0.4) is 0 Å². The molecule has 2 aliphatic rings. The number of carbonyl (C=O) groups excluding carboxylic acids is 1. The number of nitrogens with zero attached hydrogens (tertiary/aromatic N) is 3. The molecule has 1 aromatic rings. The lowest BCUT2D eigenvalue weighted by Crippen LogP contribution is -2.39. The van der Waals surface area contributed by atoms with Crippen molar-refractivity contribution >= 4 is 5.91 Å². The van der Waals surface area contributed by atoms with Gasteiger partial charge >= 0.3 is 0 Å². The number of hydrogen-bond donors (Lipinski definition) is 0. The summed E-state index contributed by atoms with van der Waals surface area (Å²) in [5.74, 6) is 2.61. The zero-order valence-corrected chi connectivity index (χ0v) is 14.5. The van der Waals surface area contributed by atoms with Crippen LogP contribution in [0, 0.1) is 18.8 Å². The normalized spacial score (nSPS) is 19.3. The summed E-state index contributed by atoms with van der Waals surface area (Å²) in [5.41, 5.74) is 1.23. The maximum atomic E-state index is 12.1. The van der Waals surface area contributed by atoms with E-state index in [2.05, 4.69) is 21.4 Å². The van der Waals surface area contributed by atoms with Crippen LogP contribution in [0.4, 0.5) is 0 Å². The van der Waals surface area contributed by atoms with Gasteiger partial charge in [0, 0.05) is 57.6 Å². The third kappa shape index (κ3) is 4.14. The van der Waals surface area contributed by atoms with Crippen molar-refractivity contribution in [3.63, 3.8) is 0 Å². The van der Waals surface area contributed by atoms with Gasteiger partial charge in [-0.2, -0.15) is 0 Å². The first kappa shape index (κ1) is 16.5. The molecule has 0 unspecified atom stereocenters. The van der Waals surface area contributed by atoms with Crippen LogP contribution in [0.1, 0.15) is 43.6 Å². The number of methoxy groups -OCH3 is 1. The zero-order chi connectivity index (χ0) is 16.2. The molecule has 1 aromatic heterocycles. The maximum Gasteiger partial charge on any atom is 0.225 e. The highest BCUT2D eigenvalue weighted by molar-refractivity contribution is 5.81. The van der Waals surface area contributed by atoms with Gasteiger partial charge in [-0.15, -0.1) is 0 Å². The van der Waals surface area contributed by atoms with E-state index in [4.69, 9.17) is 4.74 Å². The number of likely N-dealkylation sites (tertiary alicyclic amines) is 1. The Hall–Kier alpha value is -1.36. The van der Waals surface area contributed by atoms with Crippen molar-refractivity contribution in [3.8, 4) is 0 Å². The van der Waals surface area contributed by atoms with Gasteiger partial charge in [-0.05, 0) is 44.9 Å². The van der Waals surface area contributed by atoms with Crippen LogP contribution in [-0.4, -0.2) is 47.2 Å². The topological polar surface area (TPSA) is 47.4 Å². The highest BCUT2D eigenvalue weighted by Crippen LogP contribution is 2.32. The Morgan fingerprint density at radius 1 is 1.30 bits per heavy atom. The minimum absolute atomic E-state index is 0.355. The van der Waals surface area contributed by atoms with Gasteiger partial charge in [0.05, 0.1) is 0 Å². The summed E-state index contributed by atoms with van der Waals surface area (Å²) in [6, 6.07) is 0. The number of piperidine rings is 1. The Labute approximate surface area is 139 Å². The first-order chi connectivity index (χ1) is 11.2. The number of imidazole rings is 1. The number of amides is 1. The highest BCUT2D eigenvalue weighted by Gasteiger charge is 2.35. The van der Waals surface area contributed by atoms with E-state index in [1.165, 1.54) is 11.5 Å². The van der Waals surface area contributed by atoms with Crippen molar-refractivity contribution in [1.82, 2.24) is 14.5 Å². The summed E-state index contributed by atoms with van der Waals surface area (Å²) in [7, 11) is 1.75. The van der Waals surface area contributed by atoms with Gasteiger partial charge in [-0.1, -0.05) is 0 Å². The molecule has 3 rings (SSSR count). The summed E-state index contributed by atoms with van der Waals surface area (Å²) >= 11 is 0. The fourth-order valence-electron chi connectivity index (χ4n) is 3.55. The van der Waals surface area contributed by atoms with Crippen LogP contribution in [0.2, 0.25) is 0 Å². The van der Waals surface area contributed by atoms with Crippen molar-refractivity contribution in [2.24, 2.45) is 11.8 Å². The molecule has 2 fully saturated rings. The van der Waals surface area contributed by atoms with E-state index in [1.54, 1.807) is 7.11 Å². The molecule has 0 N–H and O–H groups in total. The predicted octanol–water partition coefficient (Wildman–Crippen LogP) is 2.42. The lowest BCUT2D eigenvalue weighted by molar-refractivity contribution is -0.133. The first-order valence-electron chi connectivity index (χ1n) is 8.97. The Bertz CT molecular complexity index is 528. The molecule has 0 spiro atoms. The molecule has 1 saturated heterocycles. The highest BCUT2D eigenvalue weighted by atomic mass is 16.5. The van der Waals surface area contributed by atoms with E-state index < -0.39 is 0 Å². The van der Waals surface area contributed by atoms with Gasteiger partial charge in [0.2, 0.25) is 5.91 Å². The number of rotatable bonds is 7. The zero-order valence-electron chi connectivity index (χ0n) is 14.5. The third-order valence-corrected chi connectivity index (χ3v) is 5.19. The predicted molar refractivity (Wildman–Crippen MR) is 89.2 cm³/mol. The summed E-state index contributed by atoms with van der Waals surface area (Å²) < 4.78 is 7.49.